The van der Waals surface area contributed by atoms with Crippen molar-refractivity contribution in [3.63, 3.8) is 0 Å². The van der Waals surface area contributed by atoms with E-state index in [1.54, 1.807) is 6.92 Å². The smallest absolute Gasteiger partial charge is 0.0694 e. The van der Waals surface area contributed by atoms with Crippen LogP contribution in [0, 0.1) is 0 Å². The third kappa shape index (κ3) is 2.26. The molecule has 1 atom stereocenters. The van der Waals surface area contributed by atoms with Gasteiger partial charge in [0.05, 0.1) is 10.5 Å². The van der Waals surface area contributed by atoms with Crippen LogP contribution >= 0.6 is 12.6 Å². The van der Waals surface area contributed by atoms with Crippen LogP contribution in [0.3, 0.4) is 0 Å². The summed E-state index contributed by atoms with van der Waals surface area (Å²) in [5.41, 5.74) is 0.660. The molecule has 0 rings (SSSR count). The molecule has 1 unspecified atom stereocenters. The van der Waals surface area contributed by atoms with Gasteiger partial charge in [0.2, 0.25) is 0 Å². The largest absolute Gasteiger partial charge is 0.411 e. The zero-order valence-electron chi connectivity index (χ0n) is 6.05. The lowest BCUT2D eigenvalue weighted by Gasteiger charge is -2.19. The fraction of sp³-hybridized carbons (Fsp3) is 0.833. The van der Waals surface area contributed by atoms with Crippen molar-refractivity contribution in [1.29, 1.82) is 0 Å². The SMILES string of the molecule is CCC(C)(S)C(C)=NO. The summed E-state index contributed by atoms with van der Waals surface area (Å²) in [5.74, 6) is 0. The zero-order valence-corrected chi connectivity index (χ0v) is 6.94. The molecule has 2 nitrogen and oxygen atoms in total. The summed E-state index contributed by atoms with van der Waals surface area (Å²) in [6, 6.07) is 0. The lowest BCUT2D eigenvalue weighted by atomic mass is 10.0. The zero-order chi connectivity index (χ0) is 7.49. The van der Waals surface area contributed by atoms with Gasteiger partial charge in [0, 0.05) is 0 Å². The van der Waals surface area contributed by atoms with E-state index in [0.717, 1.165) is 6.42 Å². The maximum absolute atomic E-state index is 8.34. The first kappa shape index (κ1) is 8.82. The minimum atomic E-state index is -0.255. The summed E-state index contributed by atoms with van der Waals surface area (Å²) in [6.07, 6.45) is 0.867. The third-order valence-corrected chi connectivity index (χ3v) is 2.26. The Kier molecular flexibility index (Phi) is 3.04. The molecule has 0 saturated heterocycles. The second-order valence-electron chi connectivity index (χ2n) is 2.31. The minimum Gasteiger partial charge on any atom is -0.411 e. The molecule has 0 aromatic carbocycles. The number of rotatable bonds is 2. The van der Waals surface area contributed by atoms with E-state index in [0.29, 0.717) is 5.71 Å². The molecule has 54 valence electrons. The van der Waals surface area contributed by atoms with Crippen LogP contribution in [-0.2, 0) is 0 Å². The Bertz CT molecular complexity index is 120. The molecular formula is C6H13NOS. The molecule has 0 aliphatic heterocycles. The maximum atomic E-state index is 8.34. The molecule has 0 aromatic rings. The van der Waals surface area contributed by atoms with E-state index in [4.69, 9.17) is 5.21 Å². The van der Waals surface area contributed by atoms with Gasteiger partial charge in [0.15, 0.2) is 0 Å². The lowest BCUT2D eigenvalue weighted by molar-refractivity contribution is 0.316. The van der Waals surface area contributed by atoms with E-state index in [-0.39, 0.29) is 4.75 Å². The summed E-state index contributed by atoms with van der Waals surface area (Å²) < 4.78 is -0.255. The molecule has 3 heteroatoms. The van der Waals surface area contributed by atoms with Crippen molar-refractivity contribution in [1.82, 2.24) is 0 Å². The highest BCUT2D eigenvalue weighted by Gasteiger charge is 2.20. The van der Waals surface area contributed by atoms with E-state index < -0.39 is 0 Å². The van der Waals surface area contributed by atoms with Crippen LogP contribution in [0.25, 0.3) is 0 Å². The molecule has 0 heterocycles. The van der Waals surface area contributed by atoms with Crippen LogP contribution in [0.1, 0.15) is 27.2 Å². The molecule has 0 bridgehead atoms. The van der Waals surface area contributed by atoms with Crippen molar-refractivity contribution in [2.45, 2.75) is 31.9 Å². The van der Waals surface area contributed by atoms with E-state index in [2.05, 4.69) is 17.8 Å². The van der Waals surface area contributed by atoms with Gasteiger partial charge >= 0.3 is 0 Å². The highest BCUT2D eigenvalue weighted by molar-refractivity contribution is 7.82. The van der Waals surface area contributed by atoms with Gasteiger partial charge in [-0.05, 0) is 20.3 Å². The molecule has 9 heavy (non-hydrogen) atoms. The Balaban J connectivity index is 4.14. The number of nitrogens with zero attached hydrogens (tertiary/aromatic N) is 1. The highest BCUT2D eigenvalue weighted by Crippen LogP contribution is 2.19. The van der Waals surface area contributed by atoms with Gasteiger partial charge in [-0.2, -0.15) is 12.6 Å². The van der Waals surface area contributed by atoms with Gasteiger partial charge in [-0.15, -0.1) is 0 Å². The van der Waals surface area contributed by atoms with E-state index in [1.807, 2.05) is 13.8 Å². The van der Waals surface area contributed by atoms with Crippen molar-refractivity contribution >= 4 is 18.3 Å². The predicted octanol–water partition coefficient (Wildman–Crippen LogP) is 1.93. The Morgan fingerprint density at radius 2 is 2.22 bits per heavy atom. The molecule has 0 saturated carbocycles. The summed E-state index contributed by atoms with van der Waals surface area (Å²) >= 11 is 4.27. The van der Waals surface area contributed by atoms with Crippen LogP contribution in [0.5, 0.6) is 0 Å². The molecular weight excluding hydrogens is 134 g/mol. The Morgan fingerprint density at radius 1 is 1.78 bits per heavy atom. The number of hydrogen-bond donors (Lipinski definition) is 2. The molecule has 1 N–H and O–H groups in total. The van der Waals surface area contributed by atoms with Gasteiger partial charge in [-0.1, -0.05) is 12.1 Å². The quantitative estimate of drug-likeness (QED) is 0.266. The van der Waals surface area contributed by atoms with E-state index >= 15 is 0 Å². The normalized spacial score (nSPS) is 19.3. The monoisotopic (exact) mass is 147 g/mol. The fourth-order valence-corrected chi connectivity index (χ4v) is 0.408. The first-order chi connectivity index (χ1) is 4.04. The van der Waals surface area contributed by atoms with E-state index in [9.17, 15) is 0 Å². The molecule has 0 radical (unpaired) electrons. The topological polar surface area (TPSA) is 32.6 Å². The average molecular weight is 147 g/mol. The average Bonchev–Trinajstić information content (AvgIpc) is 1.86. The Morgan fingerprint density at radius 3 is 2.33 bits per heavy atom. The van der Waals surface area contributed by atoms with Crippen molar-refractivity contribution in [2.24, 2.45) is 5.16 Å². The molecule has 0 fully saturated rings. The second kappa shape index (κ2) is 3.11. The van der Waals surface area contributed by atoms with Crippen molar-refractivity contribution in [3.05, 3.63) is 0 Å². The van der Waals surface area contributed by atoms with Crippen LogP contribution < -0.4 is 0 Å². The predicted molar refractivity (Wildman–Crippen MR) is 42.6 cm³/mol. The van der Waals surface area contributed by atoms with Crippen molar-refractivity contribution < 1.29 is 5.21 Å². The molecule has 0 aromatic heterocycles. The van der Waals surface area contributed by atoms with Gasteiger partial charge in [-0.25, -0.2) is 0 Å². The summed E-state index contributed by atoms with van der Waals surface area (Å²) in [7, 11) is 0. The first-order valence-corrected chi connectivity index (χ1v) is 3.41. The summed E-state index contributed by atoms with van der Waals surface area (Å²) in [6.45, 7) is 5.68. The Labute approximate surface area is 61.4 Å². The third-order valence-electron chi connectivity index (χ3n) is 1.62. The van der Waals surface area contributed by atoms with E-state index in [1.165, 1.54) is 0 Å². The van der Waals surface area contributed by atoms with Crippen LogP contribution in [0.2, 0.25) is 0 Å². The van der Waals surface area contributed by atoms with Gasteiger partial charge < -0.3 is 5.21 Å². The molecule has 0 spiro atoms. The first-order valence-electron chi connectivity index (χ1n) is 2.96. The van der Waals surface area contributed by atoms with Crippen molar-refractivity contribution in [2.75, 3.05) is 0 Å². The maximum Gasteiger partial charge on any atom is 0.0694 e. The number of thiol groups is 1. The number of hydrogen-bond acceptors (Lipinski definition) is 3. The second-order valence-corrected chi connectivity index (χ2v) is 3.30. The minimum absolute atomic E-state index is 0.255. The fourth-order valence-electron chi connectivity index (χ4n) is 0.364. The van der Waals surface area contributed by atoms with Crippen LogP contribution in [0.4, 0.5) is 0 Å². The number of oxime groups is 1. The molecule has 0 aliphatic rings. The van der Waals surface area contributed by atoms with Gasteiger partial charge in [0.1, 0.15) is 0 Å². The summed E-state index contributed by atoms with van der Waals surface area (Å²) in [5, 5.41) is 11.4. The lowest BCUT2D eigenvalue weighted by Crippen LogP contribution is -2.25. The molecule has 0 aliphatic carbocycles. The Hall–Kier alpha value is -0.180. The molecule has 0 amide bonds. The van der Waals surface area contributed by atoms with Gasteiger partial charge in [0.25, 0.3) is 0 Å². The van der Waals surface area contributed by atoms with Gasteiger partial charge in [-0.3, -0.25) is 0 Å². The standard InChI is InChI=1S/C6H13NOS/c1-4-6(3,9)5(2)7-8/h8-9H,4H2,1-3H3. The van der Waals surface area contributed by atoms with Crippen molar-refractivity contribution in [3.8, 4) is 0 Å². The highest BCUT2D eigenvalue weighted by atomic mass is 32.1. The summed E-state index contributed by atoms with van der Waals surface area (Å²) in [4.78, 5) is 0. The van der Waals surface area contributed by atoms with Crippen LogP contribution in [0.15, 0.2) is 5.16 Å². The van der Waals surface area contributed by atoms with Crippen LogP contribution in [-0.4, -0.2) is 15.7 Å².